The number of fused-ring (bicyclic) bond motifs is 3. The highest BCUT2D eigenvalue weighted by molar-refractivity contribution is 6.07. The normalized spacial score (nSPS) is 11.5. The van der Waals surface area contributed by atoms with E-state index in [1.54, 1.807) is 0 Å². The van der Waals surface area contributed by atoms with Crippen LogP contribution in [0.15, 0.2) is 24.3 Å². The highest BCUT2D eigenvalue weighted by atomic mass is 19.1. The number of halogens is 4. The van der Waals surface area contributed by atoms with Gasteiger partial charge in [0.1, 0.15) is 23.3 Å². The molecule has 0 aliphatic rings. The van der Waals surface area contributed by atoms with Gasteiger partial charge >= 0.3 is 0 Å². The first kappa shape index (κ1) is 10.1. The molecule has 0 spiro atoms. The number of benzene rings is 2. The van der Waals surface area contributed by atoms with E-state index in [4.69, 9.17) is 0 Å². The van der Waals surface area contributed by atoms with E-state index in [2.05, 4.69) is 4.98 Å². The molecule has 2 aromatic carbocycles. The molecule has 0 amide bonds. The van der Waals surface area contributed by atoms with Crippen molar-refractivity contribution < 1.29 is 17.6 Å². The molecule has 0 fully saturated rings. The van der Waals surface area contributed by atoms with Crippen molar-refractivity contribution in [2.45, 2.75) is 0 Å². The molecule has 0 aliphatic carbocycles. The van der Waals surface area contributed by atoms with Crippen molar-refractivity contribution in [2.24, 2.45) is 0 Å². The van der Waals surface area contributed by atoms with Crippen LogP contribution in [0.2, 0.25) is 0 Å². The highest BCUT2D eigenvalue weighted by Crippen LogP contribution is 2.31. The second-order valence-corrected chi connectivity index (χ2v) is 3.75. The van der Waals surface area contributed by atoms with Crippen LogP contribution in [0.1, 0.15) is 0 Å². The Bertz CT molecular complexity index is 683. The van der Waals surface area contributed by atoms with Crippen LogP contribution in [-0.4, -0.2) is 4.98 Å². The second-order valence-electron chi connectivity index (χ2n) is 3.75. The van der Waals surface area contributed by atoms with Crippen molar-refractivity contribution in [3.63, 3.8) is 0 Å². The van der Waals surface area contributed by atoms with Crippen LogP contribution in [0.4, 0.5) is 17.6 Å². The van der Waals surface area contributed by atoms with Crippen molar-refractivity contribution >= 4 is 21.8 Å². The highest BCUT2D eigenvalue weighted by Gasteiger charge is 2.15. The van der Waals surface area contributed by atoms with Gasteiger partial charge < -0.3 is 4.98 Å². The third kappa shape index (κ3) is 1.39. The molecule has 17 heavy (non-hydrogen) atoms. The summed E-state index contributed by atoms with van der Waals surface area (Å²) in [6.07, 6.45) is 0. The molecule has 0 aliphatic heterocycles. The lowest BCUT2D eigenvalue weighted by Crippen LogP contribution is -1.83. The minimum atomic E-state index is -0.878. The number of aromatic amines is 1. The summed E-state index contributed by atoms with van der Waals surface area (Å²) in [5.74, 6) is -3.31. The number of H-pyrrole nitrogens is 1. The number of hydrogen-bond donors (Lipinski definition) is 1. The zero-order chi connectivity index (χ0) is 12.2. The molecule has 1 heterocycles. The van der Waals surface area contributed by atoms with Gasteiger partial charge in [0.2, 0.25) is 0 Å². The monoisotopic (exact) mass is 239 g/mol. The first-order chi connectivity index (χ1) is 8.06. The maximum atomic E-state index is 13.6. The number of rotatable bonds is 0. The third-order valence-electron chi connectivity index (χ3n) is 2.63. The van der Waals surface area contributed by atoms with Gasteiger partial charge in [-0.05, 0) is 12.1 Å². The Balaban J connectivity index is 2.60. The predicted octanol–water partition coefficient (Wildman–Crippen LogP) is 3.88. The van der Waals surface area contributed by atoms with E-state index in [9.17, 15) is 17.6 Å². The van der Waals surface area contributed by atoms with E-state index < -0.39 is 23.3 Å². The Kier molecular flexibility index (Phi) is 1.92. The second kappa shape index (κ2) is 3.23. The van der Waals surface area contributed by atoms with Crippen molar-refractivity contribution in [3.05, 3.63) is 47.5 Å². The fraction of sp³-hybridized carbons (Fsp3) is 0. The maximum Gasteiger partial charge on any atom is 0.136 e. The van der Waals surface area contributed by atoms with Gasteiger partial charge in [0, 0.05) is 22.9 Å². The van der Waals surface area contributed by atoms with Gasteiger partial charge in [-0.2, -0.15) is 0 Å². The molecule has 3 aromatic rings. The summed E-state index contributed by atoms with van der Waals surface area (Å²) in [6, 6.07) is 3.41. The quantitative estimate of drug-likeness (QED) is 0.573. The summed E-state index contributed by atoms with van der Waals surface area (Å²) in [5.41, 5.74) is 0.198. The topological polar surface area (TPSA) is 15.8 Å². The minimum absolute atomic E-state index is 0.0705. The van der Waals surface area contributed by atoms with Gasteiger partial charge in [-0.25, -0.2) is 17.6 Å². The average molecular weight is 239 g/mol. The smallest absolute Gasteiger partial charge is 0.136 e. The Morgan fingerprint density at radius 2 is 1.06 bits per heavy atom. The van der Waals surface area contributed by atoms with Crippen LogP contribution in [-0.2, 0) is 0 Å². The molecule has 0 atom stereocenters. The van der Waals surface area contributed by atoms with Gasteiger partial charge in [-0.15, -0.1) is 0 Å². The van der Waals surface area contributed by atoms with E-state index in [0.29, 0.717) is 12.1 Å². The molecule has 0 saturated heterocycles. The Morgan fingerprint density at radius 1 is 0.647 bits per heavy atom. The molecule has 1 N–H and O–H groups in total. The Hall–Kier alpha value is -2.04. The van der Waals surface area contributed by atoms with Crippen LogP contribution < -0.4 is 0 Å². The summed E-state index contributed by atoms with van der Waals surface area (Å²) in [4.78, 5) is 2.58. The van der Waals surface area contributed by atoms with Crippen LogP contribution >= 0.6 is 0 Å². The minimum Gasteiger partial charge on any atom is -0.354 e. The average Bonchev–Trinajstić information content (AvgIpc) is 2.55. The van der Waals surface area contributed by atoms with E-state index in [1.807, 2.05) is 0 Å². The van der Waals surface area contributed by atoms with Crippen LogP contribution in [0.25, 0.3) is 21.8 Å². The zero-order valence-corrected chi connectivity index (χ0v) is 8.32. The maximum absolute atomic E-state index is 13.6. The third-order valence-corrected chi connectivity index (χ3v) is 2.63. The van der Waals surface area contributed by atoms with Crippen molar-refractivity contribution in [1.82, 2.24) is 4.98 Å². The van der Waals surface area contributed by atoms with Crippen molar-refractivity contribution in [1.29, 1.82) is 0 Å². The predicted molar refractivity (Wildman–Crippen MR) is 55.6 cm³/mol. The SMILES string of the molecule is Fc1cc(F)c2c(c1)[nH]c1cc(F)cc(F)c12. The van der Waals surface area contributed by atoms with Crippen LogP contribution in [0.5, 0.6) is 0 Å². The summed E-state index contributed by atoms with van der Waals surface area (Å²) in [7, 11) is 0. The molecular weight excluding hydrogens is 234 g/mol. The lowest BCUT2D eigenvalue weighted by molar-refractivity contribution is 0.587. The van der Waals surface area contributed by atoms with Crippen LogP contribution in [0.3, 0.4) is 0 Å². The molecule has 1 nitrogen and oxygen atoms in total. The first-order valence-corrected chi connectivity index (χ1v) is 4.82. The molecular formula is C12H5F4N. The lowest BCUT2D eigenvalue weighted by Gasteiger charge is -1.96. The van der Waals surface area contributed by atoms with Gasteiger partial charge in [-0.1, -0.05) is 0 Å². The van der Waals surface area contributed by atoms with E-state index in [1.165, 1.54) is 0 Å². The Morgan fingerprint density at radius 3 is 1.47 bits per heavy atom. The van der Waals surface area contributed by atoms with Crippen LogP contribution in [0, 0.1) is 23.3 Å². The van der Waals surface area contributed by atoms with Gasteiger partial charge in [0.05, 0.1) is 11.0 Å². The van der Waals surface area contributed by atoms with E-state index in [0.717, 1.165) is 12.1 Å². The molecule has 0 radical (unpaired) electrons. The van der Waals surface area contributed by atoms with Gasteiger partial charge in [0.25, 0.3) is 0 Å². The van der Waals surface area contributed by atoms with Gasteiger partial charge in [0.15, 0.2) is 0 Å². The summed E-state index contributed by atoms with van der Waals surface area (Å²) >= 11 is 0. The molecule has 3 rings (SSSR count). The van der Waals surface area contributed by atoms with E-state index >= 15 is 0 Å². The Labute approximate surface area is 92.7 Å². The zero-order valence-electron chi connectivity index (χ0n) is 8.32. The molecule has 0 unspecified atom stereocenters. The standard InChI is InChI=1S/C12H5F4N/c13-5-1-7(15)11-9(3-5)17-10-4-6(14)2-8(16)12(10)11/h1-4,17H. The largest absolute Gasteiger partial charge is 0.354 e. The summed E-state index contributed by atoms with van der Waals surface area (Å²) < 4.78 is 53.1. The first-order valence-electron chi connectivity index (χ1n) is 4.82. The van der Waals surface area contributed by atoms with Crippen molar-refractivity contribution in [2.75, 3.05) is 0 Å². The fourth-order valence-corrected chi connectivity index (χ4v) is 2.00. The molecule has 1 aromatic heterocycles. The molecule has 86 valence electrons. The number of aromatic nitrogens is 1. The van der Waals surface area contributed by atoms with Crippen molar-refractivity contribution in [3.8, 4) is 0 Å². The molecule has 0 bridgehead atoms. The van der Waals surface area contributed by atoms with E-state index in [-0.39, 0.29) is 21.8 Å². The molecule has 5 heteroatoms. The van der Waals surface area contributed by atoms with Gasteiger partial charge in [-0.3, -0.25) is 0 Å². The lowest BCUT2D eigenvalue weighted by atomic mass is 10.1. The summed E-state index contributed by atoms with van der Waals surface area (Å²) in [6.45, 7) is 0. The fourth-order valence-electron chi connectivity index (χ4n) is 2.00. The molecule has 0 saturated carbocycles. The number of nitrogens with one attached hydrogen (secondary N) is 1. The summed E-state index contributed by atoms with van der Waals surface area (Å²) in [5, 5.41) is -0.141. The number of hydrogen-bond acceptors (Lipinski definition) is 0.